The summed E-state index contributed by atoms with van der Waals surface area (Å²) in [5.74, 6) is -0.685. The molecule has 0 fully saturated rings. The fourth-order valence-corrected chi connectivity index (χ4v) is 3.55. The Labute approximate surface area is 163 Å². The standard InChI is InChI=1S/C23H46O3/c1-2-3-4-5-6-7-8-9-10-13-16-19-22(24)20-17-14-11-12-15-18-21-23(25)26/h22,24H,2-21H2,1H3,(H,25,26). The van der Waals surface area contributed by atoms with E-state index in [1.54, 1.807) is 0 Å². The minimum Gasteiger partial charge on any atom is -0.481 e. The van der Waals surface area contributed by atoms with Crippen LogP contribution in [0, 0.1) is 0 Å². The molecule has 0 bridgehead atoms. The summed E-state index contributed by atoms with van der Waals surface area (Å²) in [5.41, 5.74) is 0. The summed E-state index contributed by atoms with van der Waals surface area (Å²) >= 11 is 0. The fourth-order valence-electron chi connectivity index (χ4n) is 3.55. The second-order valence-electron chi connectivity index (χ2n) is 8.03. The zero-order chi connectivity index (χ0) is 19.3. The zero-order valence-corrected chi connectivity index (χ0v) is 17.5. The maximum atomic E-state index is 10.4. The third-order valence-corrected chi connectivity index (χ3v) is 5.32. The molecule has 0 aliphatic carbocycles. The van der Waals surface area contributed by atoms with Crippen LogP contribution in [0.4, 0.5) is 0 Å². The van der Waals surface area contributed by atoms with Crippen LogP contribution < -0.4 is 0 Å². The number of hydrogen-bond donors (Lipinski definition) is 2. The fraction of sp³-hybridized carbons (Fsp3) is 0.957. The predicted octanol–water partition coefficient (Wildman–Crippen LogP) is 7.25. The van der Waals surface area contributed by atoms with Gasteiger partial charge in [-0.25, -0.2) is 0 Å². The molecule has 0 aromatic heterocycles. The third-order valence-electron chi connectivity index (χ3n) is 5.32. The lowest BCUT2D eigenvalue weighted by Crippen LogP contribution is -2.05. The lowest BCUT2D eigenvalue weighted by atomic mass is 10.0. The number of rotatable bonds is 21. The van der Waals surface area contributed by atoms with E-state index >= 15 is 0 Å². The van der Waals surface area contributed by atoms with E-state index in [9.17, 15) is 9.90 Å². The van der Waals surface area contributed by atoms with Gasteiger partial charge < -0.3 is 10.2 Å². The van der Waals surface area contributed by atoms with Crippen LogP contribution >= 0.6 is 0 Å². The first-order valence-corrected chi connectivity index (χ1v) is 11.6. The van der Waals surface area contributed by atoms with Crippen molar-refractivity contribution in [2.75, 3.05) is 0 Å². The van der Waals surface area contributed by atoms with Crippen LogP contribution in [0.1, 0.15) is 135 Å². The van der Waals surface area contributed by atoms with E-state index in [1.165, 1.54) is 83.5 Å². The monoisotopic (exact) mass is 370 g/mol. The molecule has 0 spiro atoms. The van der Waals surface area contributed by atoms with Crippen LogP contribution in [0.25, 0.3) is 0 Å². The van der Waals surface area contributed by atoms with Gasteiger partial charge in [0.2, 0.25) is 0 Å². The summed E-state index contributed by atoms with van der Waals surface area (Å²) in [6.45, 7) is 2.27. The summed E-state index contributed by atoms with van der Waals surface area (Å²) in [4.78, 5) is 10.4. The summed E-state index contributed by atoms with van der Waals surface area (Å²) in [6, 6.07) is 0. The van der Waals surface area contributed by atoms with Crippen molar-refractivity contribution in [3.8, 4) is 0 Å². The van der Waals surface area contributed by atoms with Crippen LogP contribution in [0.3, 0.4) is 0 Å². The molecule has 1 atom stereocenters. The molecule has 2 N–H and O–H groups in total. The average Bonchev–Trinajstić information content (AvgIpc) is 2.61. The van der Waals surface area contributed by atoms with Gasteiger partial charge in [0, 0.05) is 6.42 Å². The van der Waals surface area contributed by atoms with Gasteiger partial charge in [-0.2, -0.15) is 0 Å². The van der Waals surface area contributed by atoms with E-state index < -0.39 is 5.97 Å². The second-order valence-corrected chi connectivity index (χ2v) is 8.03. The van der Waals surface area contributed by atoms with Gasteiger partial charge in [0.15, 0.2) is 0 Å². The van der Waals surface area contributed by atoms with E-state index in [1.807, 2.05) is 0 Å². The summed E-state index contributed by atoms with van der Waals surface area (Å²) in [6.07, 6.45) is 23.4. The molecule has 3 heteroatoms. The van der Waals surface area contributed by atoms with Crippen LogP contribution in [0.5, 0.6) is 0 Å². The highest BCUT2D eigenvalue weighted by Gasteiger charge is 2.04. The molecule has 0 saturated heterocycles. The van der Waals surface area contributed by atoms with Gasteiger partial charge in [-0.3, -0.25) is 4.79 Å². The molecule has 0 aromatic rings. The van der Waals surface area contributed by atoms with E-state index in [-0.39, 0.29) is 6.10 Å². The minimum atomic E-state index is -0.685. The number of carbonyl (C=O) groups is 1. The van der Waals surface area contributed by atoms with Gasteiger partial charge in [0.1, 0.15) is 0 Å². The molecule has 3 nitrogen and oxygen atoms in total. The highest BCUT2D eigenvalue weighted by molar-refractivity contribution is 5.66. The van der Waals surface area contributed by atoms with Gasteiger partial charge in [-0.1, -0.05) is 110 Å². The van der Waals surface area contributed by atoms with E-state index in [0.29, 0.717) is 6.42 Å². The number of hydrogen-bond acceptors (Lipinski definition) is 2. The first kappa shape index (κ1) is 25.4. The number of aliphatic hydroxyl groups is 1. The highest BCUT2D eigenvalue weighted by Crippen LogP contribution is 2.15. The van der Waals surface area contributed by atoms with Gasteiger partial charge in [0.25, 0.3) is 0 Å². The van der Waals surface area contributed by atoms with Crippen molar-refractivity contribution in [2.24, 2.45) is 0 Å². The maximum Gasteiger partial charge on any atom is 0.303 e. The van der Waals surface area contributed by atoms with Crippen molar-refractivity contribution < 1.29 is 15.0 Å². The second kappa shape index (κ2) is 20.7. The highest BCUT2D eigenvalue weighted by atomic mass is 16.4. The minimum absolute atomic E-state index is 0.111. The van der Waals surface area contributed by atoms with Crippen molar-refractivity contribution in [1.82, 2.24) is 0 Å². The molecule has 1 unspecified atom stereocenters. The Morgan fingerprint density at radius 2 is 0.962 bits per heavy atom. The lowest BCUT2D eigenvalue weighted by Gasteiger charge is -2.10. The molecular weight excluding hydrogens is 324 g/mol. The zero-order valence-electron chi connectivity index (χ0n) is 17.5. The largest absolute Gasteiger partial charge is 0.481 e. The molecule has 0 heterocycles. The molecule has 156 valence electrons. The van der Waals surface area contributed by atoms with Crippen LogP contribution in [-0.4, -0.2) is 22.3 Å². The molecule has 26 heavy (non-hydrogen) atoms. The summed E-state index contributed by atoms with van der Waals surface area (Å²) in [5, 5.41) is 18.6. The van der Waals surface area contributed by atoms with Crippen molar-refractivity contribution in [3.63, 3.8) is 0 Å². The lowest BCUT2D eigenvalue weighted by molar-refractivity contribution is -0.137. The van der Waals surface area contributed by atoms with Crippen molar-refractivity contribution in [3.05, 3.63) is 0 Å². The molecule has 0 amide bonds. The number of aliphatic carboxylic acids is 1. The molecular formula is C23H46O3. The summed E-state index contributed by atoms with van der Waals surface area (Å²) < 4.78 is 0. The predicted molar refractivity (Wildman–Crippen MR) is 112 cm³/mol. The Morgan fingerprint density at radius 1 is 0.615 bits per heavy atom. The third kappa shape index (κ3) is 21.5. The summed E-state index contributed by atoms with van der Waals surface area (Å²) in [7, 11) is 0. The normalized spacial score (nSPS) is 12.4. The van der Waals surface area contributed by atoms with Crippen molar-refractivity contribution >= 4 is 5.97 Å². The van der Waals surface area contributed by atoms with Crippen LogP contribution in [0.15, 0.2) is 0 Å². The molecule has 0 saturated carbocycles. The molecule has 0 aliphatic rings. The average molecular weight is 371 g/mol. The number of carboxylic acid groups (broad SMARTS) is 1. The van der Waals surface area contributed by atoms with Crippen LogP contribution in [-0.2, 0) is 4.79 Å². The maximum absolute atomic E-state index is 10.4. The van der Waals surface area contributed by atoms with Gasteiger partial charge in [-0.05, 0) is 19.3 Å². The SMILES string of the molecule is CCCCCCCCCCCCCC(O)CCCCCCCCC(=O)O. The smallest absolute Gasteiger partial charge is 0.303 e. The topological polar surface area (TPSA) is 57.5 Å². The molecule has 0 radical (unpaired) electrons. The Bertz CT molecular complexity index is 291. The van der Waals surface area contributed by atoms with Gasteiger partial charge in [-0.15, -0.1) is 0 Å². The van der Waals surface area contributed by atoms with Crippen LogP contribution in [0.2, 0.25) is 0 Å². The van der Waals surface area contributed by atoms with Gasteiger partial charge in [0.05, 0.1) is 6.10 Å². The van der Waals surface area contributed by atoms with Gasteiger partial charge >= 0.3 is 5.97 Å². The molecule has 0 aliphatic heterocycles. The number of aliphatic hydroxyl groups excluding tert-OH is 1. The quantitative estimate of drug-likeness (QED) is 0.209. The Morgan fingerprint density at radius 3 is 1.35 bits per heavy atom. The Hall–Kier alpha value is -0.570. The van der Waals surface area contributed by atoms with E-state index in [4.69, 9.17) is 5.11 Å². The Balaban J connectivity index is 3.15. The van der Waals surface area contributed by atoms with E-state index in [2.05, 4.69) is 6.92 Å². The Kier molecular flexibility index (Phi) is 20.3. The van der Waals surface area contributed by atoms with Crippen molar-refractivity contribution in [2.45, 2.75) is 141 Å². The van der Waals surface area contributed by atoms with Crippen molar-refractivity contribution in [1.29, 1.82) is 0 Å². The first-order valence-electron chi connectivity index (χ1n) is 11.6. The number of unbranched alkanes of at least 4 members (excludes halogenated alkanes) is 15. The number of carboxylic acids is 1. The first-order chi connectivity index (χ1) is 12.7. The van der Waals surface area contributed by atoms with E-state index in [0.717, 1.165) is 38.5 Å². The molecule has 0 rings (SSSR count). The molecule has 0 aromatic carbocycles.